The second kappa shape index (κ2) is 6.01. The van der Waals surface area contributed by atoms with Crippen LogP contribution < -0.4 is 5.32 Å². The van der Waals surface area contributed by atoms with Gasteiger partial charge < -0.3 is 10.3 Å². The number of anilines is 1. The number of aryl methyl sites for hydroxylation is 1. The van der Waals surface area contributed by atoms with Crippen molar-refractivity contribution in [1.29, 1.82) is 0 Å². The summed E-state index contributed by atoms with van der Waals surface area (Å²) in [5, 5.41) is 14.0. The Labute approximate surface area is 141 Å². The van der Waals surface area contributed by atoms with Gasteiger partial charge in [0.2, 0.25) is 5.13 Å². The standard InChI is InChI=1S/C17H14FN5S/c1-10-22-23-17(24-10)21-16(11-3-2-6-19-8-11)14-9-20-15-5-4-12(18)7-13(14)15/h2-9,16,20H,1H3,(H,21,23). The number of aromatic amines is 1. The van der Waals surface area contributed by atoms with Crippen molar-refractivity contribution in [3.05, 3.63) is 70.9 Å². The molecular weight excluding hydrogens is 325 g/mol. The van der Waals surface area contributed by atoms with E-state index in [9.17, 15) is 4.39 Å². The van der Waals surface area contributed by atoms with Gasteiger partial charge in [0.15, 0.2) is 0 Å². The summed E-state index contributed by atoms with van der Waals surface area (Å²) in [7, 11) is 0. The normalized spacial score (nSPS) is 12.4. The Bertz CT molecular complexity index is 979. The van der Waals surface area contributed by atoms with E-state index in [0.29, 0.717) is 5.13 Å². The number of pyridine rings is 1. The summed E-state index contributed by atoms with van der Waals surface area (Å²) in [4.78, 5) is 7.40. The molecule has 1 unspecified atom stereocenters. The monoisotopic (exact) mass is 339 g/mol. The minimum Gasteiger partial charge on any atom is -0.361 e. The zero-order valence-corrected chi connectivity index (χ0v) is 13.6. The Morgan fingerprint density at radius 3 is 2.92 bits per heavy atom. The molecule has 120 valence electrons. The highest BCUT2D eigenvalue weighted by atomic mass is 32.1. The number of rotatable bonds is 4. The Kier molecular flexibility index (Phi) is 3.70. The first-order valence-electron chi connectivity index (χ1n) is 7.44. The number of aromatic nitrogens is 4. The number of fused-ring (bicyclic) bond motifs is 1. The van der Waals surface area contributed by atoms with E-state index in [1.165, 1.54) is 23.5 Å². The topological polar surface area (TPSA) is 66.5 Å². The number of nitrogens with one attached hydrogen (secondary N) is 2. The highest BCUT2D eigenvalue weighted by Gasteiger charge is 2.20. The average molecular weight is 339 g/mol. The summed E-state index contributed by atoms with van der Waals surface area (Å²) in [6, 6.07) is 8.38. The van der Waals surface area contributed by atoms with Crippen LogP contribution in [0.3, 0.4) is 0 Å². The van der Waals surface area contributed by atoms with Crippen LogP contribution >= 0.6 is 11.3 Å². The molecule has 1 atom stereocenters. The third-order valence-corrected chi connectivity index (χ3v) is 4.57. The fraction of sp³-hybridized carbons (Fsp3) is 0.118. The molecule has 1 aromatic carbocycles. The van der Waals surface area contributed by atoms with Gasteiger partial charge in [0.1, 0.15) is 10.8 Å². The second-order valence-electron chi connectivity index (χ2n) is 5.42. The Morgan fingerprint density at radius 1 is 1.25 bits per heavy atom. The molecule has 3 aromatic heterocycles. The fourth-order valence-corrected chi connectivity index (χ4v) is 3.34. The number of benzene rings is 1. The predicted octanol–water partition coefficient (Wildman–Crippen LogP) is 4.06. The number of H-pyrrole nitrogens is 1. The van der Waals surface area contributed by atoms with Gasteiger partial charge in [-0.1, -0.05) is 17.4 Å². The molecule has 3 heterocycles. The smallest absolute Gasteiger partial charge is 0.206 e. The molecule has 0 aliphatic heterocycles. The molecular formula is C17H14FN5S. The first kappa shape index (κ1) is 14.8. The first-order chi connectivity index (χ1) is 11.7. The lowest BCUT2D eigenvalue weighted by Gasteiger charge is -2.17. The molecule has 0 radical (unpaired) electrons. The van der Waals surface area contributed by atoms with E-state index in [2.05, 4.69) is 25.5 Å². The minimum atomic E-state index is -0.264. The van der Waals surface area contributed by atoms with Crippen LogP contribution in [0.5, 0.6) is 0 Å². The van der Waals surface area contributed by atoms with Gasteiger partial charge in [-0.2, -0.15) is 0 Å². The lowest BCUT2D eigenvalue weighted by molar-refractivity contribution is 0.629. The molecule has 7 heteroatoms. The maximum Gasteiger partial charge on any atom is 0.206 e. The van der Waals surface area contributed by atoms with Crippen LogP contribution in [0, 0.1) is 12.7 Å². The lowest BCUT2D eigenvalue weighted by Crippen LogP contribution is -2.12. The van der Waals surface area contributed by atoms with Crippen molar-refractivity contribution in [3.8, 4) is 0 Å². The highest BCUT2D eigenvalue weighted by Crippen LogP contribution is 2.32. The van der Waals surface area contributed by atoms with Crippen molar-refractivity contribution in [2.24, 2.45) is 0 Å². The van der Waals surface area contributed by atoms with Crippen molar-refractivity contribution >= 4 is 27.4 Å². The number of halogens is 1. The zero-order chi connectivity index (χ0) is 16.5. The van der Waals surface area contributed by atoms with E-state index >= 15 is 0 Å². The number of nitrogens with zero attached hydrogens (tertiary/aromatic N) is 3. The van der Waals surface area contributed by atoms with Gasteiger partial charge in [0, 0.05) is 35.1 Å². The van der Waals surface area contributed by atoms with Gasteiger partial charge in [-0.3, -0.25) is 4.98 Å². The van der Waals surface area contributed by atoms with Crippen LogP contribution in [0.2, 0.25) is 0 Å². The molecule has 0 bridgehead atoms. The van der Waals surface area contributed by atoms with E-state index < -0.39 is 0 Å². The molecule has 24 heavy (non-hydrogen) atoms. The maximum atomic E-state index is 13.7. The van der Waals surface area contributed by atoms with Gasteiger partial charge in [-0.25, -0.2) is 4.39 Å². The van der Waals surface area contributed by atoms with Crippen LogP contribution in [0.4, 0.5) is 9.52 Å². The van der Waals surface area contributed by atoms with Crippen LogP contribution in [-0.2, 0) is 0 Å². The number of hydrogen-bond acceptors (Lipinski definition) is 5. The summed E-state index contributed by atoms with van der Waals surface area (Å²) in [6.07, 6.45) is 5.41. The Balaban J connectivity index is 1.83. The van der Waals surface area contributed by atoms with Crippen LogP contribution in [0.15, 0.2) is 48.9 Å². The van der Waals surface area contributed by atoms with Gasteiger partial charge in [0.05, 0.1) is 6.04 Å². The van der Waals surface area contributed by atoms with Crippen LogP contribution in [0.25, 0.3) is 10.9 Å². The molecule has 0 fully saturated rings. The second-order valence-corrected chi connectivity index (χ2v) is 6.61. The summed E-state index contributed by atoms with van der Waals surface area (Å²) in [5.41, 5.74) is 2.79. The maximum absolute atomic E-state index is 13.7. The van der Waals surface area contributed by atoms with Crippen molar-refractivity contribution in [2.75, 3.05) is 5.32 Å². The van der Waals surface area contributed by atoms with E-state index in [4.69, 9.17) is 0 Å². The van der Waals surface area contributed by atoms with E-state index in [1.807, 2.05) is 25.3 Å². The van der Waals surface area contributed by atoms with Crippen molar-refractivity contribution < 1.29 is 4.39 Å². The Hall–Kier alpha value is -2.80. The SMILES string of the molecule is Cc1nnc(NC(c2cccnc2)c2c[nH]c3ccc(F)cc23)s1. The molecule has 2 N–H and O–H groups in total. The predicted molar refractivity (Wildman–Crippen MR) is 92.6 cm³/mol. The third-order valence-electron chi connectivity index (χ3n) is 3.80. The molecule has 0 saturated carbocycles. The summed E-state index contributed by atoms with van der Waals surface area (Å²) < 4.78 is 13.7. The molecule has 0 amide bonds. The summed E-state index contributed by atoms with van der Waals surface area (Å²) in [6.45, 7) is 1.91. The summed E-state index contributed by atoms with van der Waals surface area (Å²) >= 11 is 1.48. The third kappa shape index (κ3) is 2.74. The average Bonchev–Trinajstić information content (AvgIpc) is 3.19. The first-order valence-corrected chi connectivity index (χ1v) is 8.25. The van der Waals surface area contributed by atoms with Crippen LogP contribution in [0.1, 0.15) is 22.2 Å². The van der Waals surface area contributed by atoms with Crippen molar-refractivity contribution in [1.82, 2.24) is 20.2 Å². The summed E-state index contributed by atoms with van der Waals surface area (Å²) in [5.74, 6) is -0.264. The van der Waals surface area contributed by atoms with Gasteiger partial charge >= 0.3 is 0 Å². The van der Waals surface area contributed by atoms with Gasteiger partial charge in [-0.05, 0) is 36.8 Å². The fourth-order valence-electron chi connectivity index (χ4n) is 2.72. The molecule has 0 aliphatic carbocycles. The minimum absolute atomic E-state index is 0.207. The molecule has 4 aromatic rings. The van der Waals surface area contributed by atoms with E-state index in [1.54, 1.807) is 18.5 Å². The molecule has 0 saturated heterocycles. The van der Waals surface area contributed by atoms with Crippen molar-refractivity contribution in [3.63, 3.8) is 0 Å². The molecule has 4 rings (SSSR count). The lowest BCUT2D eigenvalue weighted by atomic mass is 10.00. The van der Waals surface area contributed by atoms with Gasteiger partial charge in [-0.15, -0.1) is 10.2 Å². The largest absolute Gasteiger partial charge is 0.361 e. The van der Waals surface area contributed by atoms with E-state index in [0.717, 1.165) is 27.0 Å². The van der Waals surface area contributed by atoms with Gasteiger partial charge in [0.25, 0.3) is 0 Å². The van der Waals surface area contributed by atoms with Crippen LogP contribution in [-0.4, -0.2) is 20.2 Å². The molecule has 0 spiro atoms. The molecule has 5 nitrogen and oxygen atoms in total. The number of hydrogen-bond donors (Lipinski definition) is 2. The Morgan fingerprint density at radius 2 is 2.17 bits per heavy atom. The van der Waals surface area contributed by atoms with E-state index in [-0.39, 0.29) is 11.9 Å². The van der Waals surface area contributed by atoms with Crippen molar-refractivity contribution in [2.45, 2.75) is 13.0 Å². The highest BCUT2D eigenvalue weighted by molar-refractivity contribution is 7.15. The quantitative estimate of drug-likeness (QED) is 0.588. The molecule has 0 aliphatic rings. The zero-order valence-electron chi connectivity index (χ0n) is 12.8.